The summed E-state index contributed by atoms with van der Waals surface area (Å²) in [5.41, 5.74) is -0.0800. The summed E-state index contributed by atoms with van der Waals surface area (Å²) in [6, 6.07) is 2.97. The molecule has 0 spiro atoms. The topological polar surface area (TPSA) is 60.9 Å². The van der Waals surface area contributed by atoms with E-state index < -0.39 is 27.8 Å². The lowest BCUT2D eigenvalue weighted by atomic mass is 10.1. The first-order chi connectivity index (χ1) is 10.3. The van der Waals surface area contributed by atoms with Gasteiger partial charge in [0.1, 0.15) is 11.6 Å². The molecule has 1 aliphatic rings. The summed E-state index contributed by atoms with van der Waals surface area (Å²) in [6.07, 6.45) is -1.15. The Bertz CT molecular complexity index is 617. The van der Waals surface area contributed by atoms with E-state index in [0.717, 1.165) is 18.2 Å². The highest BCUT2D eigenvalue weighted by molar-refractivity contribution is 7.89. The van der Waals surface area contributed by atoms with Crippen molar-refractivity contribution in [2.75, 3.05) is 38.5 Å². The molecule has 1 aromatic rings. The molecule has 1 atom stereocenters. The second-order valence-corrected chi connectivity index (χ2v) is 7.54. The summed E-state index contributed by atoms with van der Waals surface area (Å²) in [5, 5.41) is 10.1. The quantitative estimate of drug-likeness (QED) is 0.871. The molecule has 8 heteroatoms. The molecule has 0 bridgehead atoms. The number of hydrogen-bond acceptors (Lipinski definition) is 4. The van der Waals surface area contributed by atoms with Gasteiger partial charge >= 0.3 is 0 Å². The zero-order valence-corrected chi connectivity index (χ0v) is 13.2. The lowest BCUT2D eigenvalue weighted by Crippen LogP contribution is -2.49. The highest BCUT2D eigenvalue weighted by Crippen LogP contribution is 2.20. The third-order valence-corrected chi connectivity index (χ3v) is 5.72. The molecule has 0 amide bonds. The first-order valence-electron chi connectivity index (χ1n) is 7.16. The second-order valence-electron chi connectivity index (χ2n) is 5.28. The van der Waals surface area contributed by atoms with Gasteiger partial charge in [-0.1, -0.05) is 0 Å². The van der Waals surface area contributed by atoms with Gasteiger partial charge in [-0.25, -0.2) is 17.2 Å². The molecule has 1 saturated heterocycles. The van der Waals surface area contributed by atoms with E-state index in [2.05, 4.69) is 0 Å². The number of sulfonamides is 1. The zero-order chi connectivity index (χ0) is 16.3. The molecule has 124 valence electrons. The summed E-state index contributed by atoms with van der Waals surface area (Å²) in [6.45, 7) is 3.32. The molecule has 0 aliphatic carbocycles. The van der Waals surface area contributed by atoms with E-state index in [1.54, 1.807) is 6.92 Å². The predicted molar refractivity (Wildman–Crippen MR) is 78.8 cm³/mol. The van der Waals surface area contributed by atoms with E-state index in [4.69, 9.17) is 0 Å². The van der Waals surface area contributed by atoms with Crippen LogP contribution in [0.1, 0.15) is 18.6 Å². The average molecular weight is 334 g/mol. The second kappa shape index (κ2) is 6.99. The number of piperazine rings is 1. The molecule has 1 heterocycles. The van der Waals surface area contributed by atoms with Gasteiger partial charge in [0.05, 0.1) is 11.9 Å². The van der Waals surface area contributed by atoms with Gasteiger partial charge in [0.25, 0.3) is 0 Å². The Kier molecular flexibility index (Phi) is 5.49. The Hall–Kier alpha value is -1.09. The van der Waals surface area contributed by atoms with Gasteiger partial charge in [0, 0.05) is 38.3 Å². The molecule has 1 fully saturated rings. The van der Waals surface area contributed by atoms with Crippen LogP contribution in [0.3, 0.4) is 0 Å². The van der Waals surface area contributed by atoms with E-state index >= 15 is 0 Å². The van der Waals surface area contributed by atoms with E-state index in [0.29, 0.717) is 26.2 Å². The fraction of sp³-hybridized carbons (Fsp3) is 0.571. The third-order valence-electron chi connectivity index (χ3n) is 3.84. The maximum absolute atomic E-state index is 13.6. The Balaban J connectivity index is 1.94. The number of halogens is 2. The van der Waals surface area contributed by atoms with E-state index in [1.165, 1.54) is 4.31 Å². The molecular weight excluding hydrogens is 314 g/mol. The fourth-order valence-corrected chi connectivity index (χ4v) is 3.57. The lowest BCUT2D eigenvalue weighted by molar-refractivity contribution is 0.0896. The number of rotatable bonds is 5. The van der Waals surface area contributed by atoms with Crippen LogP contribution >= 0.6 is 0 Å². The molecule has 1 aromatic carbocycles. The van der Waals surface area contributed by atoms with E-state index in [1.807, 2.05) is 4.90 Å². The molecule has 1 aliphatic heterocycles. The summed E-state index contributed by atoms with van der Waals surface area (Å²) in [7, 11) is -3.20. The Morgan fingerprint density at radius 3 is 2.45 bits per heavy atom. The molecule has 2 rings (SSSR count). The number of nitrogens with zero attached hydrogens (tertiary/aromatic N) is 2. The van der Waals surface area contributed by atoms with Gasteiger partial charge in [-0.05, 0) is 25.1 Å². The van der Waals surface area contributed by atoms with Crippen LogP contribution in [0, 0.1) is 11.6 Å². The minimum Gasteiger partial charge on any atom is -0.387 e. The monoisotopic (exact) mass is 334 g/mol. The normalized spacial score (nSPS) is 19.3. The Morgan fingerprint density at radius 1 is 1.23 bits per heavy atom. The fourth-order valence-electron chi connectivity index (χ4n) is 2.49. The van der Waals surface area contributed by atoms with Crippen molar-refractivity contribution in [3.8, 4) is 0 Å². The summed E-state index contributed by atoms with van der Waals surface area (Å²) >= 11 is 0. The molecule has 5 nitrogen and oxygen atoms in total. The minimum absolute atomic E-state index is 0.0597. The SMILES string of the molecule is CCS(=O)(=O)N1CCN(CC(O)c2cc(F)ccc2F)CC1. The predicted octanol–water partition coefficient (Wildman–Crippen LogP) is 0.966. The lowest BCUT2D eigenvalue weighted by Gasteiger charge is -2.34. The minimum atomic E-state index is -3.20. The van der Waals surface area contributed by atoms with Crippen molar-refractivity contribution in [2.45, 2.75) is 13.0 Å². The number of hydrogen-bond donors (Lipinski definition) is 1. The van der Waals surface area contributed by atoms with Crippen molar-refractivity contribution in [2.24, 2.45) is 0 Å². The molecular formula is C14H20F2N2O3S. The molecule has 1 N–H and O–H groups in total. The van der Waals surface area contributed by atoms with E-state index in [-0.39, 0.29) is 17.9 Å². The summed E-state index contributed by atoms with van der Waals surface area (Å²) in [4.78, 5) is 1.84. The standard InChI is InChI=1S/C14H20F2N2O3S/c1-2-22(20,21)18-7-5-17(6-8-18)10-14(19)12-9-11(15)3-4-13(12)16/h3-4,9,14,19H,2,5-8,10H2,1H3. The smallest absolute Gasteiger partial charge is 0.213 e. The number of aliphatic hydroxyl groups excluding tert-OH is 1. The van der Waals surface area contributed by atoms with Gasteiger partial charge in [-0.15, -0.1) is 0 Å². The maximum atomic E-state index is 13.6. The van der Waals surface area contributed by atoms with Crippen LogP contribution in [-0.2, 0) is 10.0 Å². The van der Waals surface area contributed by atoms with E-state index in [9.17, 15) is 22.3 Å². The number of aliphatic hydroxyl groups is 1. The largest absolute Gasteiger partial charge is 0.387 e. The van der Waals surface area contributed by atoms with Crippen LogP contribution < -0.4 is 0 Å². The number of benzene rings is 1. The third kappa shape index (κ3) is 4.01. The molecule has 1 unspecified atom stereocenters. The van der Waals surface area contributed by atoms with Crippen LogP contribution in [0.2, 0.25) is 0 Å². The zero-order valence-electron chi connectivity index (χ0n) is 12.4. The van der Waals surface area contributed by atoms with Crippen molar-refractivity contribution < 1.29 is 22.3 Å². The van der Waals surface area contributed by atoms with Crippen molar-refractivity contribution in [3.63, 3.8) is 0 Å². The van der Waals surface area contributed by atoms with Crippen molar-refractivity contribution in [3.05, 3.63) is 35.4 Å². The highest BCUT2D eigenvalue weighted by Gasteiger charge is 2.27. The molecule has 0 saturated carbocycles. The van der Waals surface area contributed by atoms with Crippen LogP contribution in [0.4, 0.5) is 8.78 Å². The van der Waals surface area contributed by atoms with Gasteiger partial charge in [-0.2, -0.15) is 4.31 Å². The van der Waals surface area contributed by atoms with Crippen LogP contribution in [-0.4, -0.2) is 61.2 Å². The summed E-state index contributed by atoms with van der Waals surface area (Å²) in [5.74, 6) is -1.19. The summed E-state index contributed by atoms with van der Waals surface area (Å²) < 4.78 is 51.7. The van der Waals surface area contributed by atoms with Gasteiger partial charge in [0.15, 0.2) is 0 Å². The Labute approximate surface area is 129 Å². The van der Waals surface area contributed by atoms with Crippen LogP contribution in [0.25, 0.3) is 0 Å². The average Bonchev–Trinajstić information content (AvgIpc) is 2.50. The molecule has 0 aromatic heterocycles. The van der Waals surface area contributed by atoms with Gasteiger partial charge in [0.2, 0.25) is 10.0 Å². The highest BCUT2D eigenvalue weighted by atomic mass is 32.2. The van der Waals surface area contributed by atoms with Crippen LogP contribution in [0.5, 0.6) is 0 Å². The first-order valence-corrected chi connectivity index (χ1v) is 8.77. The van der Waals surface area contributed by atoms with Crippen molar-refractivity contribution in [1.29, 1.82) is 0 Å². The molecule has 22 heavy (non-hydrogen) atoms. The van der Waals surface area contributed by atoms with Gasteiger partial charge in [-0.3, -0.25) is 4.90 Å². The van der Waals surface area contributed by atoms with Crippen LogP contribution in [0.15, 0.2) is 18.2 Å². The number of β-amino-alcohol motifs (C(OH)–C–C–N with tert-alkyl or cyclic N) is 1. The van der Waals surface area contributed by atoms with Gasteiger partial charge < -0.3 is 5.11 Å². The van der Waals surface area contributed by atoms with Crippen molar-refractivity contribution in [1.82, 2.24) is 9.21 Å². The Morgan fingerprint density at radius 2 is 1.86 bits per heavy atom. The first kappa shape index (κ1) is 17.3. The van der Waals surface area contributed by atoms with Crippen molar-refractivity contribution >= 4 is 10.0 Å². The molecule has 0 radical (unpaired) electrons. The maximum Gasteiger partial charge on any atom is 0.213 e.